The Bertz CT molecular complexity index is 757. The van der Waals surface area contributed by atoms with Crippen LogP contribution in [0.4, 0.5) is 0 Å². The molecule has 0 radical (unpaired) electrons. The van der Waals surface area contributed by atoms with Crippen LogP contribution in [0.2, 0.25) is 0 Å². The maximum absolute atomic E-state index is 11.3. The van der Waals surface area contributed by atoms with Gasteiger partial charge in [-0.1, -0.05) is 22.0 Å². The number of nitrogens with zero attached hydrogens (tertiary/aromatic N) is 1. The van der Waals surface area contributed by atoms with E-state index in [0.29, 0.717) is 24.3 Å². The molecule has 7 heteroatoms. The number of hydrogen-bond donors (Lipinski definition) is 1. The minimum atomic E-state index is -0.690. The van der Waals surface area contributed by atoms with Crippen LogP contribution in [0.3, 0.4) is 0 Å². The average molecular weight is 440 g/mol. The number of carboxylic acids is 1. The van der Waals surface area contributed by atoms with Gasteiger partial charge in [0.05, 0.1) is 26.2 Å². The van der Waals surface area contributed by atoms with Gasteiger partial charge in [0, 0.05) is 9.35 Å². The number of halogens is 1. The predicted molar refractivity (Wildman–Crippen MR) is 105 cm³/mol. The number of likely N-dealkylation sites (tertiary alicyclic amines) is 1. The lowest BCUT2D eigenvalue weighted by molar-refractivity contribution is -0.143. The van der Waals surface area contributed by atoms with Crippen molar-refractivity contribution in [1.82, 2.24) is 4.90 Å². The smallest absolute Gasteiger partial charge is 0.306 e. The molecule has 0 aliphatic carbocycles. The second kappa shape index (κ2) is 8.41. The Kier molecular flexibility index (Phi) is 6.21. The molecular weight excluding hydrogens is 418 g/mol. The molecule has 1 aromatic heterocycles. The third kappa shape index (κ3) is 3.89. The normalized spacial score (nSPS) is 17.0. The molecule has 1 aromatic carbocycles. The van der Waals surface area contributed by atoms with Crippen molar-refractivity contribution in [1.29, 1.82) is 0 Å². The zero-order chi connectivity index (χ0) is 18.7. The zero-order valence-corrected chi connectivity index (χ0v) is 17.2. The molecule has 0 spiro atoms. The summed E-state index contributed by atoms with van der Waals surface area (Å²) in [7, 11) is 3.26. The number of piperidine rings is 1. The minimum Gasteiger partial charge on any atom is -0.493 e. The van der Waals surface area contributed by atoms with Gasteiger partial charge in [0.25, 0.3) is 0 Å². The van der Waals surface area contributed by atoms with Crippen molar-refractivity contribution in [3.63, 3.8) is 0 Å². The molecule has 0 saturated carbocycles. The van der Waals surface area contributed by atoms with E-state index in [1.807, 2.05) is 18.2 Å². The highest BCUT2D eigenvalue weighted by atomic mass is 79.9. The van der Waals surface area contributed by atoms with Crippen molar-refractivity contribution in [2.75, 3.05) is 27.3 Å². The van der Waals surface area contributed by atoms with Crippen LogP contribution < -0.4 is 9.47 Å². The van der Waals surface area contributed by atoms with E-state index in [1.54, 1.807) is 25.6 Å². The van der Waals surface area contributed by atoms with Crippen molar-refractivity contribution in [2.45, 2.75) is 18.9 Å². The van der Waals surface area contributed by atoms with Gasteiger partial charge >= 0.3 is 5.97 Å². The van der Waals surface area contributed by atoms with Crippen LogP contribution in [-0.4, -0.2) is 43.3 Å². The topological polar surface area (TPSA) is 59.0 Å². The van der Waals surface area contributed by atoms with Gasteiger partial charge in [-0.15, -0.1) is 11.3 Å². The van der Waals surface area contributed by atoms with Crippen LogP contribution in [0.15, 0.2) is 34.1 Å². The maximum Gasteiger partial charge on any atom is 0.306 e. The van der Waals surface area contributed by atoms with Gasteiger partial charge < -0.3 is 14.6 Å². The van der Waals surface area contributed by atoms with Gasteiger partial charge in [-0.3, -0.25) is 9.69 Å². The highest BCUT2D eigenvalue weighted by molar-refractivity contribution is 9.10. The van der Waals surface area contributed by atoms with Crippen LogP contribution in [-0.2, 0) is 4.79 Å². The minimum absolute atomic E-state index is 0.0546. The lowest BCUT2D eigenvalue weighted by Gasteiger charge is -2.37. The number of methoxy groups -OCH3 is 2. The molecule has 1 fully saturated rings. The van der Waals surface area contributed by atoms with E-state index in [-0.39, 0.29) is 12.0 Å². The Morgan fingerprint density at radius 2 is 1.92 bits per heavy atom. The SMILES string of the molecule is COc1cc(Br)c(C(c2cccs2)N2CCC(C(=O)O)CC2)cc1OC. The van der Waals surface area contributed by atoms with Crippen molar-refractivity contribution < 1.29 is 19.4 Å². The summed E-state index contributed by atoms with van der Waals surface area (Å²) in [5.74, 6) is 0.430. The summed E-state index contributed by atoms with van der Waals surface area (Å²) in [6, 6.07) is 8.17. The number of benzene rings is 1. The summed E-state index contributed by atoms with van der Waals surface area (Å²) in [5, 5.41) is 11.4. The molecule has 1 saturated heterocycles. The Labute approximate surface area is 165 Å². The third-order valence-corrected chi connectivity index (χ3v) is 6.47. The number of carbonyl (C=O) groups is 1. The van der Waals surface area contributed by atoms with Gasteiger partial charge in [0.15, 0.2) is 11.5 Å². The van der Waals surface area contributed by atoms with Crippen molar-refractivity contribution >= 4 is 33.2 Å². The van der Waals surface area contributed by atoms with Crippen LogP contribution in [0.5, 0.6) is 11.5 Å². The summed E-state index contributed by atoms with van der Waals surface area (Å²) < 4.78 is 11.8. The van der Waals surface area contributed by atoms with Gasteiger partial charge in [-0.05, 0) is 55.1 Å². The zero-order valence-electron chi connectivity index (χ0n) is 14.8. The van der Waals surface area contributed by atoms with Crippen molar-refractivity contribution in [2.24, 2.45) is 5.92 Å². The van der Waals surface area contributed by atoms with Crippen LogP contribution in [0.1, 0.15) is 29.3 Å². The van der Waals surface area contributed by atoms with E-state index in [4.69, 9.17) is 9.47 Å². The predicted octanol–water partition coefficient (Wildman–Crippen LogP) is 4.41. The first-order valence-electron chi connectivity index (χ1n) is 8.46. The first-order valence-corrected chi connectivity index (χ1v) is 10.1. The number of aliphatic carboxylic acids is 1. The fourth-order valence-electron chi connectivity index (χ4n) is 3.46. The number of thiophene rings is 1. The molecule has 3 rings (SSSR count). The molecule has 1 atom stereocenters. The molecule has 0 bridgehead atoms. The van der Waals surface area contributed by atoms with Crippen LogP contribution in [0.25, 0.3) is 0 Å². The first-order chi connectivity index (χ1) is 12.5. The lowest BCUT2D eigenvalue weighted by atomic mass is 9.93. The third-order valence-electron chi connectivity index (χ3n) is 4.85. The van der Waals surface area contributed by atoms with E-state index in [1.165, 1.54) is 4.88 Å². The molecule has 2 heterocycles. The monoisotopic (exact) mass is 439 g/mol. The molecule has 26 heavy (non-hydrogen) atoms. The molecule has 1 unspecified atom stereocenters. The standard InChI is InChI=1S/C19H22BrNO4S/c1-24-15-10-13(14(20)11-16(15)25-2)18(17-4-3-9-26-17)21-7-5-12(6-8-21)19(22)23/h3-4,9-12,18H,5-8H2,1-2H3,(H,22,23). The Morgan fingerprint density at radius 1 is 1.27 bits per heavy atom. The van der Waals surface area contributed by atoms with E-state index in [9.17, 15) is 9.90 Å². The number of ether oxygens (including phenoxy) is 2. The Morgan fingerprint density at radius 3 is 2.46 bits per heavy atom. The molecule has 1 aliphatic heterocycles. The fourth-order valence-corrected chi connectivity index (χ4v) is 4.88. The van der Waals surface area contributed by atoms with E-state index in [0.717, 1.165) is 23.1 Å². The highest BCUT2D eigenvalue weighted by Gasteiger charge is 2.32. The van der Waals surface area contributed by atoms with Gasteiger partial charge in [0.1, 0.15) is 0 Å². The van der Waals surface area contributed by atoms with Crippen molar-refractivity contribution in [3.05, 3.63) is 44.6 Å². The summed E-state index contributed by atoms with van der Waals surface area (Å²) in [6.45, 7) is 1.50. The number of carboxylic acid groups (broad SMARTS) is 1. The van der Waals surface area contributed by atoms with Gasteiger partial charge in [-0.2, -0.15) is 0 Å². The van der Waals surface area contributed by atoms with E-state index >= 15 is 0 Å². The van der Waals surface area contributed by atoms with Crippen LogP contribution >= 0.6 is 27.3 Å². The summed E-state index contributed by atoms with van der Waals surface area (Å²) in [6.07, 6.45) is 1.34. The Hall–Kier alpha value is -1.57. The highest BCUT2D eigenvalue weighted by Crippen LogP contribution is 2.42. The largest absolute Gasteiger partial charge is 0.493 e. The van der Waals surface area contributed by atoms with E-state index < -0.39 is 5.97 Å². The number of hydrogen-bond acceptors (Lipinski definition) is 5. The Balaban J connectivity index is 1.97. The second-order valence-corrected chi connectivity index (χ2v) is 8.13. The molecule has 1 aliphatic rings. The molecule has 140 valence electrons. The summed E-state index contributed by atoms with van der Waals surface area (Å²) >= 11 is 5.40. The molecule has 1 N–H and O–H groups in total. The van der Waals surface area contributed by atoms with E-state index in [2.05, 4.69) is 32.3 Å². The quantitative estimate of drug-likeness (QED) is 0.721. The fraction of sp³-hybridized carbons (Fsp3) is 0.421. The molecule has 2 aromatic rings. The summed E-state index contributed by atoms with van der Waals surface area (Å²) in [5.41, 5.74) is 1.10. The van der Waals surface area contributed by atoms with Crippen molar-refractivity contribution in [3.8, 4) is 11.5 Å². The molecule has 5 nitrogen and oxygen atoms in total. The lowest BCUT2D eigenvalue weighted by Crippen LogP contribution is -2.39. The first kappa shape index (κ1) is 19.2. The second-order valence-electron chi connectivity index (χ2n) is 6.30. The average Bonchev–Trinajstić information content (AvgIpc) is 3.17. The molecule has 0 amide bonds. The van der Waals surface area contributed by atoms with Gasteiger partial charge in [0.2, 0.25) is 0 Å². The van der Waals surface area contributed by atoms with Gasteiger partial charge in [-0.25, -0.2) is 0 Å². The maximum atomic E-state index is 11.3. The number of rotatable bonds is 6. The summed E-state index contributed by atoms with van der Waals surface area (Å²) in [4.78, 5) is 14.9. The molecular formula is C19H22BrNO4S. The van der Waals surface area contributed by atoms with Crippen LogP contribution in [0, 0.1) is 5.92 Å².